The number of carbonyl (C=O) groups excluding carboxylic acids is 2. The number of alkyl carbamates (subject to hydrolysis) is 1. The monoisotopic (exact) mass is 416 g/mol. The Morgan fingerprint density at radius 1 is 1.29 bits per heavy atom. The van der Waals surface area contributed by atoms with Crippen molar-refractivity contribution in [3.8, 4) is 0 Å². The molecule has 0 bridgehead atoms. The van der Waals surface area contributed by atoms with Crippen LogP contribution in [0.25, 0.3) is 0 Å². The SMILES string of the molecule is CN(C(=O)OCC[Si](C)(C)C)[C@@H](CC[C@@H]1CCCOC1)NC(=O)OC(C)(C)C. The van der Waals surface area contributed by atoms with Crippen LogP contribution in [0.15, 0.2) is 0 Å². The second-order valence-corrected chi connectivity index (χ2v) is 15.5. The van der Waals surface area contributed by atoms with Gasteiger partial charge in [-0.05, 0) is 58.4 Å². The summed E-state index contributed by atoms with van der Waals surface area (Å²) >= 11 is 0. The Morgan fingerprint density at radius 2 is 1.96 bits per heavy atom. The van der Waals surface area contributed by atoms with Gasteiger partial charge in [-0.1, -0.05) is 19.6 Å². The van der Waals surface area contributed by atoms with Crippen LogP contribution in [0.2, 0.25) is 25.7 Å². The highest BCUT2D eigenvalue weighted by molar-refractivity contribution is 6.76. The van der Waals surface area contributed by atoms with Crippen LogP contribution in [0.3, 0.4) is 0 Å². The molecule has 0 saturated carbocycles. The lowest BCUT2D eigenvalue weighted by Crippen LogP contribution is -2.50. The van der Waals surface area contributed by atoms with Gasteiger partial charge in [-0.15, -0.1) is 0 Å². The molecule has 8 heteroatoms. The lowest BCUT2D eigenvalue weighted by molar-refractivity contribution is 0.0341. The highest BCUT2D eigenvalue weighted by Gasteiger charge is 2.27. The first-order valence-corrected chi connectivity index (χ1v) is 14.0. The zero-order chi connectivity index (χ0) is 21.4. The van der Waals surface area contributed by atoms with E-state index in [-0.39, 0.29) is 0 Å². The topological polar surface area (TPSA) is 77.1 Å². The summed E-state index contributed by atoms with van der Waals surface area (Å²) in [5, 5.41) is 2.83. The van der Waals surface area contributed by atoms with Crippen molar-refractivity contribution in [3.63, 3.8) is 0 Å². The fourth-order valence-corrected chi connectivity index (χ4v) is 3.62. The van der Waals surface area contributed by atoms with Gasteiger partial charge in [0, 0.05) is 28.3 Å². The molecule has 0 aliphatic carbocycles. The molecule has 0 spiro atoms. The first kappa shape index (κ1) is 24.8. The lowest BCUT2D eigenvalue weighted by atomic mass is 9.96. The molecule has 1 aliphatic rings. The zero-order valence-corrected chi connectivity index (χ0v) is 19.8. The predicted molar refractivity (Wildman–Crippen MR) is 113 cm³/mol. The molecule has 0 radical (unpaired) electrons. The highest BCUT2D eigenvalue weighted by Crippen LogP contribution is 2.21. The summed E-state index contributed by atoms with van der Waals surface area (Å²) in [6.07, 6.45) is 2.25. The van der Waals surface area contributed by atoms with Crippen molar-refractivity contribution in [2.45, 2.75) is 83.9 Å². The van der Waals surface area contributed by atoms with Crippen LogP contribution in [0.5, 0.6) is 0 Å². The van der Waals surface area contributed by atoms with Crippen molar-refractivity contribution in [1.29, 1.82) is 0 Å². The Labute approximate surface area is 171 Å². The largest absolute Gasteiger partial charge is 0.450 e. The molecule has 1 rings (SSSR count). The van der Waals surface area contributed by atoms with E-state index in [0.717, 1.165) is 38.5 Å². The van der Waals surface area contributed by atoms with Crippen LogP contribution in [0, 0.1) is 5.92 Å². The number of hydrogen-bond donors (Lipinski definition) is 1. The fourth-order valence-electron chi connectivity index (χ4n) is 2.91. The summed E-state index contributed by atoms with van der Waals surface area (Å²) in [6.45, 7) is 14.1. The number of ether oxygens (including phenoxy) is 3. The third-order valence-corrected chi connectivity index (χ3v) is 6.32. The van der Waals surface area contributed by atoms with Crippen LogP contribution >= 0.6 is 0 Å². The minimum absolute atomic E-state index is 0.411. The summed E-state index contributed by atoms with van der Waals surface area (Å²) in [5.74, 6) is 0.452. The molecule has 0 unspecified atom stereocenters. The van der Waals surface area contributed by atoms with E-state index in [0.29, 0.717) is 18.9 Å². The number of hydrogen-bond acceptors (Lipinski definition) is 5. The van der Waals surface area contributed by atoms with E-state index in [9.17, 15) is 9.59 Å². The van der Waals surface area contributed by atoms with E-state index in [1.807, 2.05) is 20.8 Å². The molecule has 1 N–H and O–H groups in total. The number of nitrogens with zero attached hydrogens (tertiary/aromatic N) is 1. The molecule has 1 saturated heterocycles. The first-order valence-electron chi connectivity index (χ1n) is 10.3. The molecule has 1 heterocycles. The molecule has 7 nitrogen and oxygen atoms in total. The minimum atomic E-state index is -1.28. The second kappa shape index (κ2) is 11.0. The molecule has 2 atom stereocenters. The van der Waals surface area contributed by atoms with E-state index in [1.54, 1.807) is 7.05 Å². The molecule has 1 aliphatic heterocycles. The Balaban J connectivity index is 2.65. The zero-order valence-electron chi connectivity index (χ0n) is 18.8. The molecule has 1 fully saturated rings. The van der Waals surface area contributed by atoms with Crippen molar-refractivity contribution in [2.24, 2.45) is 5.92 Å². The number of carbonyl (C=O) groups is 2. The molecular weight excluding hydrogens is 376 g/mol. The molecule has 164 valence electrons. The van der Waals surface area contributed by atoms with Gasteiger partial charge >= 0.3 is 12.2 Å². The third kappa shape index (κ3) is 10.9. The van der Waals surface area contributed by atoms with Crippen molar-refractivity contribution < 1.29 is 23.8 Å². The van der Waals surface area contributed by atoms with E-state index in [1.165, 1.54) is 4.90 Å². The van der Waals surface area contributed by atoms with Crippen molar-refractivity contribution in [2.75, 3.05) is 26.9 Å². The van der Waals surface area contributed by atoms with Crippen LogP contribution in [-0.4, -0.2) is 63.8 Å². The van der Waals surface area contributed by atoms with Crippen molar-refractivity contribution >= 4 is 20.3 Å². The molecule has 0 aromatic rings. The van der Waals surface area contributed by atoms with Gasteiger partial charge in [-0.2, -0.15) is 0 Å². The van der Waals surface area contributed by atoms with Gasteiger partial charge in [-0.25, -0.2) is 9.59 Å². The summed E-state index contributed by atoms with van der Waals surface area (Å²) in [7, 11) is 0.387. The Hall–Kier alpha value is -1.28. The van der Waals surface area contributed by atoms with Crippen LogP contribution in [0.1, 0.15) is 46.5 Å². The standard InChI is InChI=1S/C20H40N2O5Si/c1-20(2,3)27-18(23)21-17(11-10-16-9-8-12-25-15-16)22(4)19(24)26-13-14-28(5,6)7/h16-17H,8-15H2,1-7H3,(H,21,23)/t16-,17-/m0/s1. The third-order valence-electron chi connectivity index (χ3n) is 4.62. The first-order chi connectivity index (χ1) is 12.9. The van der Waals surface area contributed by atoms with Crippen LogP contribution in [-0.2, 0) is 14.2 Å². The Morgan fingerprint density at radius 3 is 2.50 bits per heavy atom. The van der Waals surface area contributed by atoms with E-state index < -0.39 is 32.0 Å². The van der Waals surface area contributed by atoms with Gasteiger partial charge in [0.25, 0.3) is 0 Å². The molecular formula is C20H40N2O5Si. The van der Waals surface area contributed by atoms with Crippen molar-refractivity contribution in [3.05, 3.63) is 0 Å². The lowest BCUT2D eigenvalue weighted by Gasteiger charge is -2.31. The smallest absolute Gasteiger partial charge is 0.411 e. The van der Waals surface area contributed by atoms with Gasteiger partial charge in [0.1, 0.15) is 11.8 Å². The maximum Gasteiger partial charge on any atom is 0.411 e. The molecule has 0 aromatic heterocycles. The molecule has 28 heavy (non-hydrogen) atoms. The molecule has 2 amide bonds. The van der Waals surface area contributed by atoms with Gasteiger partial charge in [0.2, 0.25) is 0 Å². The quantitative estimate of drug-likeness (QED) is 0.467. The minimum Gasteiger partial charge on any atom is -0.450 e. The second-order valence-electron chi connectivity index (χ2n) is 9.86. The van der Waals surface area contributed by atoms with E-state index in [2.05, 4.69) is 25.0 Å². The summed E-state index contributed by atoms with van der Waals surface area (Å²) in [5.41, 5.74) is -0.595. The molecule has 0 aromatic carbocycles. The Bertz CT molecular complexity index is 496. The van der Waals surface area contributed by atoms with Gasteiger partial charge in [0.05, 0.1) is 6.61 Å². The van der Waals surface area contributed by atoms with Crippen LogP contribution < -0.4 is 5.32 Å². The maximum absolute atomic E-state index is 12.5. The summed E-state index contributed by atoms with van der Waals surface area (Å²) in [4.78, 5) is 26.2. The van der Waals surface area contributed by atoms with Crippen molar-refractivity contribution in [1.82, 2.24) is 10.2 Å². The fraction of sp³-hybridized carbons (Fsp3) is 0.900. The van der Waals surface area contributed by atoms with E-state index >= 15 is 0 Å². The number of nitrogens with one attached hydrogen (secondary N) is 1. The van der Waals surface area contributed by atoms with E-state index in [4.69, 9.17) is 14.2 Å². The average molecular weight is 417 g/mol. The predicted octanol–water partition coefficient (Wildman–Crippen LogP) is 4.45. The van der Waals surface area contributed by atoms with Gasteiger partial charge in [-0.3, -0.25) is 4.90 Å². The number of amides is 2. The number of rotatable bonds is 8. The summed E-state index contributed by atoms with van der Waals surface area (Å²) in [6, 6.07) is 0.913. The Kier molecular flexibility index (Phi) is 9.76. The highest BCUT2D eigenvalue weighted by atomic mass is 28.3. The van der Waals surface area contributed by atoms with Gasteiger partial charge < -0.3 is 19.5 Å². The normalized spacial score (nSPS) is 18.9. The summed E-state index contributed by atoms with van der Waals surface area (Å²) < 4.78 is 16.3. The van der Waals surface area contributed by atoms with Crippen LogP contribution in [0.4, 0.5) is 9.59 Å². The maximum atomic E-state index is 12.5. The van der Waals surface area contributed by atoms with Gasteiger partial charge in [0.15, 0.2) is 0 Å². The average Bonchev–Trinajstić information content (AvgIpc) is 2.56.